The van der Waals surface area contributed by atoms with Gasteiger partial charge in [-0.1, -0.05) is 13.8 Å². The molecule has 2 heterocycles. The van der Waals surface area contributed by atoms with Crippen molar-refractivity contribution in [2.75, 3.05) is 13.1 Å². The van der Waals surface area contributed by atoms with Crippen molar-refractivity contribution in [3.8, 4) is 0 Å². The number of hydrogen-bond acceptors (Lipinski definition) is 3. The summed E-state index contributed by atoms with van der Waals surface area (Å²) in [7, 11) is 0. The van der Waals surface area contributed by atoms with Crippen molar-refractivity contribution < 1.29 is 9.59 Å². The Balaban J connectivity index is 2.11. The van der Waals surface area contributed by atoms with Crippen molar-refractivity contribution in [1.29, 1.82) is 0 Å². The van der Waals surface area contributed by atoms with Gasteiger partial charge in [0.1, 0.15) is 5.54 Å². The highest BCUT2D eigenvalue weighted by molar-refractivity contribution is 5.93. The highest BCUT2D eigenvalue weighted by Gasteiger charge is 2.41. The van der Waals surface area contributed by atoms with Crippen molar-refractivity contribution in [2.24, 2.45) is 0 Å². The minimum absolute atomic E-state index is 0.0282. The van der Waals surface area contributed by atoms with Crippen LogP contribution in [0.1, 0.15) is 33.1 Å². The fraction of sp³-hybridized carbons (Fsp3) is 0.643. The summed E-state index contributed by atoms with van der Waals surface area (Å²) in [5, 5.41) is 7.05. The van der Waals surface area contributed by atoms with Crippen LogP contribution in [-0.4, -0.2) is 45.1 Å². The molecule has 1 N–H and O–H groups in total. The topological polar surface area (TPSA) is 67.2 Å². The Hall–Kier alpha value is -1.85. The number of hydrogen-bond donors (Lipinski definition) is 1. The second-order valence-electron chi connectivity index (χ2n) is 5.15. The van der Waals surface area contributed by atoms with Crippen LogP contribution in [0.2, 0.25) is 0 Å². The molecule has 0 atom stereocenters. The molecular weight excluding hydrogens is 256 g/mol. The smallest absolute Gasteiger partial charge is 0.248 e. The molecule has 0 saturated carbocycles. The molecule has 1 saturated heterocycles. The molecule has 6 heteroatoms. The van der Waals surface area contributed by atoms with Crippen LogP contribution in [0.3, 0.4) is 0 Å². The van der Waals surface area contributed by atoms with Gasteiger partial charge in [-0.15, -0.1) is 0 Å². The van der Waals surface area contributed by atoms with Crippen LogP contribution in [0.15, 0.2) is 18.5 Å². The molecule has 1 aliphatic rings. The summed E-state index contributed by atoms with van der Waals surface area (Å²) < 4.78 is 1.80. The molecule has 0 spiro atoms. The molecule has 2 amide bonds. The number of amides is 2. The fourth-order valence-electron chi connectivity index (χ4n) is 2.62. The first-order valence-electron chi connectivity index (χ1n) is 7.19. The van der Waals surface area contributed by atoms with Gasteiger partial charge in [0, 0.05) is 31.9 Å². The van der Waals surface area contributed by atoms with Gasteiger partial charge in [0.05, 0.1) is 6.54 Å². The Morgan fingerprint density at radius 3 is 2.65 bits per heavy atom. The Labute approximate surface area is 119 Å². The number of rotatable bonds is 5. The summed E-state index contributed by atoms with van der Waals surface area (Å²) in [5.41, 5.74) is -0.738. The first-order chi connectivity index (χ1) is 9.61. The molecule has 0 aromatic carbocycles. The average molecular weight is 278 g/mol. The second kappa shape index (κ2) is 6.07. The van der Waals surface area contributed by atoms with Gasteiger partial charge in [-0.25, -0.2) is 0 Å². The lowest BCUT2D eigenvalue weighted by Crippen LogP contribution is -2.56. The third-order valence-electron chi connectivity index (χ3n) is 4.05. The first kappa shape index (κ1) is 14.6. The summed E-state index contributed by atoms with van der Waals surface area (Å²) >= 11 is 0. The molecule has 20 heavy (non-hydrogen) atoms. The van der Waals surface area contributed by atoms with E-state index in [1.165, 1.54) is 0 Å². The van der Waals surface area contributed by atoms with E-state index in [1.807, 2.05) is 26.1 Å². The molecule has 0 aliphatic carbocycles. The maximum Gasteiger partial charge on any atom is 0.248 e. The van der Waals surface area contributed by atoms with Crippen LogP contribution in [0, 0.1) is 0 Å². The third-order valence-corrected chi connectivity index (χ3v) is 4.05. The minimum atomic E-state index is -0.738. The van der Waals surface area contributed by atoms with Crippen molar-refractivity contribution in [3.05, 3.63) is 18.5 Å². The maximum atomic E-state index is 12.7. The highest BCUT2D eigenvalue weighted by Crippen LogP contribution is 2.21. The summed E-state index contributed by atoms with van der Waals surface area (Å²) in [4.78, 5) is 26.3. The van der Waals surface area contributed by atoms with E-state index in [1.54, 1.807) is 15.8 Å². The predicted octanol–water partition coefficient (Wildman–Crippen LogP) is 0.790. The highest BCUT2D eigenvalue weighted by atomic mass is 16.2. The van der Waals surface area contributed by atoms with Gasteiger partial charge in [0.15, 0.2) is 0 Å². The van der Waals surface area contributed by atoms with E-state index in [-0.39, 0.29) is 11.8 Å². The third kappa shape index (κ3) is 2.84. The summed E-state index contributed by atoms with van der Waals surface area (Å²) in [6.07, 6.45) is 5.20. The van der Waals surface area contributed by atoms with Gasteiger partial charge in [0.25, 0.3) is 0 Å². The van der Waals surface area contributed by atoms with Gasteiger partial charge in [-0.2, -0.15) is 5.10 Å². The van der Waals surface area contributed by atoms with E-state index >= 15 is 0 Å². The standard InChI is InChI=1S/C14H22N4O2/c1-3-14(4-2)13(20)17(9-6-12(19)16-14)10-11-18-8-5-7-15-18/h5,7-8H,3-4,6,9-11H2,1-2H3,(H,16,19). The predicted molar refractivity (Wildman–Crippen MR) is 74.9 cm³/mol. The van der Waals surface area contributed by atoms with Crippen LogP contribution in [0.5, 0.6) is 0 Å². The number of aromatic nitrogens is 2. The summed E-state index contributed by atoms with van der Waals surface area (Å²) in [5.74, 6) is -0.0101. The molecule has 0 radical (unpaired) electrons. The number of nitrogens with one attached hydrogen (secondary N) is 1. The van der Waals surface area contributed by atoms with E-state index in [2.05, 4.69) is 10.4 Å². The zero-order valence-corrected chi connectivity index (χ0v) is 12.1. The van der Waals surface area contributed by atoms with Crippen LogP contribution >= 0.6 is 0 Å². The van der Waals surface area contributed by atoms with Crippen LogP contribution in [0.25, 0.3) is 0 Å². The number of carbonyl (C=O) groups is 2. The lowest BCUT2D eigenvalue weighted by atomic mass is 9.91. The minimum Gasteiger partial charge on any atom is -0.342 e. The van der Waals surface area contributed by atoms with E-state index < -0.39 is 5.54 Å². The molecular formula is C14H22N4O2. The Bertz CT molecular complexity index is 466. The second-order valence-corrected chi connectivity index (χ2v) is 5.15. The Morgan fingerprint density at radius 2 is 2.05 bits per heavy atom. The van der Waals surface area contributed by atoms with Gasteiger partial charge >= 0.3 is 0 Å². The molecule has 2 rings (SSSR count). The summed E-state index contributed by atoms with van der Waals surface area (Å²) in [6, 6.07) is 1.86. The van der Waals surface area contributed by atoms with E-state index in [4.69, 9.17) is 0 Å². The quantitative estimate of drug-likeness (QED) is 0.866. The Kier molecular flexibility index (Phi) is 4.42. The molecule has 6 nitrogen and oxygen atoms in total. The van der Waals surface area contributed by atoms with E-state index in [0.29, 0.717) is 38.9 Å². The van der Waals surface area contributed by atoms with Crippen LogP contribution < -0.4 is 5.32 Å². The van der Waals surface area contributed by atoms with E-state index in [9.17, 15) is 9.59 Å². The average Bonchev–Trinajstić information content (AvgIpc) is 2.93. The fourth-order valence-corrected chi connectivity index (χ4v) is 2.62. The zero-order valence-electron chi connectivity index (χ0n) is 12.1. The number of carbonyl (C=O) groups excluding carboxylic acids is 2. The van der Waals surface area contributed by atoms with Crippen molar-refractivity contribution >= 4 is 11.8 Å². The largest absolute Gasteiger partial charge is 0.342 e. The molecule has 1 aromatic heterocycles. The molecule has 1 aliphatic heterocycles. The van der Waals surface area contributed by atoms with Crippen LogP contribution in [-0.2, 0) is 16.1 Å². The van der Waals surface area contributed by atoms with Gasteiger partial charge < -0.3 is 10.2 Å². The molecule has 1 aromatic rings. The first-order valence-corrected chi connectivity index (χ1v) is 7.19. The van der Waals surface area contributed by atoms with E-state index in [0.717, 1.165) is 0 Å². The molecule has 0 unspecified atom stereocenters. The van der Waals surface area contributed by atoms with Gasteiger partial charge in [-0.05, 0) is 18.9 Å². The maximum absolute atomic E-state index is 12.7. The van der Waals surface area contributed by atoms with Crippen molar-refractivity contribution in [1.82, 2.24) is 20.0 Å². The van der Waals surface area contributed by atoms with Crippen molar-refractivity contribution in [3.63, 3.8) is 0 Å². The molecule has 0 bridgehead atoms. The van der Waals surface area contributed by atoms with Gasteiger partial charge in [-0.3, -0.25) is 14.3 Å². The van der Waals surface area contributed by atoms with Gasteiger partial charge in [0.2, 0.25) is 11.8 Å². The summed E-state index contributed by atoms with van der Waals surface area (Å²) in [6.45, 7) is 5.60. The SMILES string of the molecule is CCC1(CC)NC(=O)CCN(CCn2cccn2)C1=O. The molecule has 110 valence electrons. The molecule has 1 fully saturated rings. The zero-order chi connectivity index (χ0) is 14.6. The lowest BCUT2D eigenvalue weighted by Gasteiger charge is -2.33. The Morgan fingerprint density at radius 1 is 1.30 bits per heavy atom. The number of nitrogens with zero attached hydrogens (tertiary/aromatic N) is 3. The normalized spacial score (nSPS) is 18.8. The monoisotopic (exact) mass is 278 g/mol. The van der Waals surface area contributed by atoms with Crippen molar-refractivity contribution in [2.45, 2.75) is 45.2 Å². The van der Waals surface area contributed by atoms with Crippen LogP contribution in [0.4, 0.5) is 0 Å². The lowest BCUT2D eigenvalue weighted by molar-refractivity contribution is -0.139.